The first-order valence-electron chi connectivity index (χ1n) is 5.95. The molecule has 96 valence electrons. The molecule has 0 aliphatic rings. The molecule has 5 nitrogen and oxygen atoms in total. The summed E-state index contributed by atoms with van der Waals surface area (Å²) in [6.45, 7) is 8.59. The van der Waals surface area contributed by atoms with Crippen LogP contribution in [0.15, 0.2) is 6.07 Å². The summed E-state index contributed by atoms with van der Waals surface area (Å²) in [5, 5.41) is 9.97. The van der Waals surface area contributed by atoms with Gasteiger partial charge in [-0.1, -0.05) is 0 Å². The highest BCUT2D eigenvalue weighted by molar-refractivity contribution is 5.96. The van der Waals surface area contributed by atoms with Crippen LogP contribution >= 0.6 is 0 Å². The lowest BCUT2D eigenvalue weighted by atomic mass is 10.2. The summed E-state index contributed by atoms with van der Waals surface area (Å²) < 4.78 is 0. The minimum absolute atomic E-state index is 0.0607. The highest BCUT2D eigenvalue weighted by Gasteiger charge is 2.14. The second-order valence-corrected chi connectivity index (χ2v) is 4.90. The van der Waals surface area contributed by atoms with Crippen molar-refractivity contribution in [2.24, 2.45) is 0 Å². The van der Waals surface area contributed by atoms with Gasteiger partial charge in [-0.2, -0.15) is 5.10 Å². The monoisotopic (exact) mass is 238 g/mol. The lowest BCUT2D eigenvalue weighted by molar-refractivity contribution is 0.0924. The largest absolute Gasteiger partial charge is 0.366 e. The molecular weight excluding hydrogens is 216 g/mol. The Hall–Kier alpha value is -1.36. The molecule has 0 saturated carbocycles. The van der Waals surface area contributed by atoms with E-state index in [0.29, 0.717) is 24.3 Å². The lowest BCUT2D eigenvalue weighted by Gasteiger charge is -2.19. The number of H-pyrrole nitrogens is 1. The van der Waals surface area contributed by atoms with Crippen LogP contribution in [-0.2, 0) is 0 Å². The van der Waals surface area contributed by atoms with Crippen molar-refractivity contribution in [3.8, 4) is 0 Å². The molecule has 0 saturated heterocycles. The van der Waals surface area contributed by atoms with E-state index in [-0.39, 0.29) is 5.78 Å². The van der Waals surface area contributed by atoms with Gasteiger partial charge in [-0.05, 0) is 34.7 Å². The van der Waals surface area contributed by atoms with E-state index in [2.05, 4.69) is 29.4 Å². The molecule has 0 aliphatic heterocycles. The number of aromatic nitrogens is 2. The molecule has 0 bridgehead atoms. The van der Waals surface area contributed by atoms with E-state index in [0.717, 1.165) is 5.82 Å². The maximum Gasteiger partial charge on any atom is 0.194 e. The van der Waals surface area contributed by atoms with Crippen LogP contribution in [0.4, 0.5) is 5.82 Å². The summed E-state index contributed by atoms with van der Waals surface area (Å²) in [4.78, 5) is 13.9. The van der Waals surface area contributed by atoms with Gasteiger partial charge in [0.25, 0.3) is 0 Å². The molecule has 0 fully saturated rings. The Labute approximate surface area is 103 Å². The molecule has 0 atom stereocenters. The molecule has 0 amide bonds. The number of rotatable bonds is 6. The number of nitrogens with one attached hydrogen (secondary N) is 2. The van der Waals surface area contributed by atoms with Gasteiger partial charge in [0.2, 0.25) is 0 Å². The molecule has 1 rings (SSSR count). The van der Waals surface area contributed by atoms with Crippen LogP contribution in [0.2, 0.25) is 0 Å². The van der Waals surface area contributed by atoms with Crippen molar-refractivity contribution in [1.29, 1.82) is 0 Å². The Bertz CT molecular complexity index is 370. The number of nitrogens with zero attached hydrogens (tertiary/aromatic N) is 2. The normalized spacial score (nSPS) is 11.5. The molecule has 1 heterocycles. The van der Waals surface area contributed by atoms with Gasteiger partial charge in [-0.15, -0.1) is 0 Å². The van der Waals surface area contributed by atoms with Crippen molar-refractivity contribution >= 4 is 11.6 Å². The van der Waals surface area contributed by atoms with Gasteiger partial charge >= 0.3 is 0 Å². The van der Waals surface area contributed by atoms with Gasteiger partial charge in [-0.3, -0.25) is 14.8 Å². The molecule has 1 aromatic heterocycles. The van der Waals surface area contributed by atoms with E-state index in [1.807, 2.05) is 25.8 Å². The third-order valence-electron chi connectivity index (χ3n) is 2.59. The number of carbonyl (C=O) groups excluding carboxylic acids is 1. The van der Waals surface area contributed by atoms with Gasteiger partial charge < -0.3 is 5.32 Å². The predicted octanol–water partition coefficient (Wildman–Crippen LogP) is 1.75. The van der Waals surface area contributed by atoms with Crippen molar-refractivity contribution in [2.45, 2.75) is 39.8 Å². The SMILES string of the molecule is CC(C)Nc1cc(C(=O)CN(C)C(C)C)[nH]n1. The number of Topliss-reactive ketones (excluding diaryl/α,β-unsaturated/α-hetero) is 1. The fraction of sp³-hybridized carbons (Fsp3) is 0.667. The van der Waals surface area contributed by atoms with Gasteiger partial charge in [0.05, 0.1) is 6.54 Å². The maximum absolute atomic E-state index is 11.9. The minimum atomic E-state index is 0.0607. The summed E-state index contributed by atoms with van der Waals surface area (Å²) in [5.41, 5.74) is 0.556. The third kappa shape index (κ3) is 4.19. The van der Waals surface area contributed by atoms with E-state index < -0.39 is 0 Å². The highest BCUT2D eigenvalue weighted by Crippen LogP contribution is 2.08. The third-order valence-corrected chi connectivity index (χ3v) is 2.59. The zero-order valence-electron chi connectivity index (χ0n) is 11.2. The summed E-state index contributed by atoms with van der Waals surface area (Å²) in [7, 11) is 1.94. The average Bonchev–Trinajstić information content (AvgIpc) is 2.64. The molecule has 0 aromatic carbocycles. The van der Waals surface area contributed by atoms with E-state index >= 15 is 0 Å². The quantitative estimate of drug-likeness (QED) is 0.741. The molecular formula is C12H22N4O. The van der Waals surface area contributed by atoms with Crippen LogP contribution in [0.25, 0.3) is 0 Å². The summed E-state index contributed by atoms with van der Waals surface area (Å²) in [6, 6.07) is 2.42. The highest BCUT2D eigenvalue weighted by atomic mass is 16.1. The fourth-order valence-corrected chi connectivity index (χ4v) is 1.33. The Morgan fingerprint density at radius 2 is 2.12 bits per heavy atom. The number of hydrogen-bond donors (Lipinski definition) is 2. The lowest BCUT2D eigenvalue weighted by Crippen LogP contribution is -2.32. The van der Waals surface area contributed by atoms with Crippen LogP contribution in [0.5, 0.6) is 0 Å². The second-order valence-electron chi connectivity index (χ2n) is 4.90. The Kier molecular flexibility index (Phi) is 4.69. The Morgan fingerprint density at radius 3 is 2.65 bits per heavy atom. The van der Waals surface area contributed by atoms with Crippen LogP contribution in [0.1, 0.15) is 38.2 Å². The molecule has 0 aliphatic carbocycles. The number of hydrogen-bond acceptors (Lipinski definition) is 4. The van der Waals surface area contributed by atoms with Crippen LogP contribution in [0, 0.1) is 0 Å². The predicted molar refractivity (Wildman–Crippen MR) is 69.4 cm³/mol. The summed E-state index contributed by atoms with van der Waals surface area (Å²) in [5.74, 6) is 0.779. The number of anilines is 1. The molecule has 17 heavy (non-hydrogen) atoms. The average molecular weight is 238 g/mol. The number of carbonyl (C=O) groups is 1. The van der Waals surface area contributed by atoms with Gasteiger partial charge in [0, 0.05) is 18.2 Å². The van der Waals surface area contributed by atoms with Crippen LogP contribution in [0.3, 0.4) is 0 Å². The summed E-state index contributed by atoms with van der Waals surface area (Å²) in [6.07, 6.45) is 0. The van der Waals surface area contributed by atoms with E-state index in [9.17, 15) is 4.79 Å². The molecule has 2 N–H and O–H groups in total. The maximum atomic E-state index is 11.9. The first kappa shape index (κ1) is 13.7. The van der Waals surface area contributed by atoms with Crippen molar-refractivity contribution in [3.63, 3.8) is 0 Å². The van der Waals surface area contributed by atoms with Crippen molar-refractivity contribution in [3.05, 3.63) is 11.8 Å². The van der Waals surface area contributed by atoms with Crippen LogP contribution in [-0.4, -0.2) is 46.6 Å². The minimum Gasteiger partial charge on any atom is -0.366 e. The van der Waals surface area contributed by atoms with Crippen molar-refractivity contribution in [2.75, 3.05) is 18.9 Å². The number of likely N-dealkylation sites (N-methyl/N-ethyl adjacent to an activating group) is 1. The molecule has 0 radical (unpaired) electrons. The van der Waals surface area contributed by atoms with Crippen molar-refractivity contribution in [1.82, 2.24) is 15.1 Å². The van der Waals surface area contributed by atoms with Gasteiger partial charge in [0.1, 0.15) is 11.5 Å². The Balaban J connectivity index is 2.61. The van der Waals surface area contributed by atoms with E-state index in [1.165, 1.54) is 0 Å². The molecule has 1 aromatic rings. The van der Waals surface area contributed by atoms with E-state index in [1.54, 1.807) is 6.07 Å². The van der Waals surface area contributed by atoms with E-state index in [4.69, 9.17) is 0 Å². The number of ketones is 1. The summed E-state index contributed by atoms with van der Waals surface area (Å²) >= 11 is 0. The number of aromatic amines is 1. The van der Waals surface area contributed by atoms with Gasteiger partial charge in [0.15, 0.2) is 5.78 Å². The zero-order chi connectivity index (χ0) is 13.0. The first-order valence-corrected chi connectivity index (χ1v) is 5.95. The Morgan fingerprint density at radius 1 is 1.47 bits per heavy atom. The first-order chi connectivity index (χ1) is 7.90. The fourth-order valence-electron chi connectivity index (χ4n) is 1.33. The molecule has 0 unspecified atom stereocenters. The topological polar surface area (TPSA) is 61.0 Å². The second kappa shape index (κ2) is 5.82. The van der Waals surface area contributed by atoms with Crippen LogP contribution < -0.4 is 5.32 Å². The molecule has 5 heteroatoms. The zero-order valence-corrected chi connectivity index (χ0v) is 11.2. The standard InChI is InChI=1S/C12H22N4O/c1-8(2)13-12-6-10(14-15-12)11(17)7-16(5)9(3)4/h6,8-9H,7H2,1-5H3,(H2,13,14,15). The molecule has 0 spiro atoms. The van der Waals surface area contributed by atoms with Gasteiger partial charge in [-0.25, -0.2) is 0 Å². The smallest absolute Gasteiger partial charge is 0.194 e. The van der Waals surface area contributed by atoms with Crippen molar-refractivity contribution < 1.29 is 4.79 Å².